The number of thioether (sulfide) groups is 1. The van der Waals surface area contributed by atoms with Crippen molar-refractivity contribution < 1.29 is 22.8 Å². The lowest BCUT2D eigenvalue weighted by atomic mass is 10.1. The van der Waals surface area contributed by atoms with Crippen molar-refractivity contribution in [1.82, 2.24) is 14.9 Å². The number of rotatable bonds is 12. The number of amides is 4. The van der Waals surface area contributed by atoms with Crippen LogP contribution in [0.25, 0.3) is 11.1 Å². The minimum absolute atomic E-state index is 0.0874. The van der Waals surface area contributed by atoms with E-state index in [9.17, 15) is 22.8 Å². The van der Waals surface area contributed by atoms with E-state index in [0.29, 0.717) is 23.7 Å². The van der Waals surface area contributed by atoms with Gasteiger partial charge in [0, 0.05) is 29.0 Å². The van der Waals surface area contributed by atoms with Crippen LogP contribution in [-0.2, 0) is 14.8 Å². The van der Waals surface area contributed by atoms with Gasteiger partial charge in [-0.25, -0.2) is 17.9 Å². The third-order valence-electron chi connectivity index (χ3n) is 7.03. The highest BCUT2D eigenvalue weighted by molar-refractivity contribution is 7.99. The van der Waals surface area contributed by atoms with E-state index in [1.165, 1.54) is 23.9 Å². The molecule has 0 aliphatic heterocycles. The molecular formula is C38H39N3O5S2. The Morgan fingerprint density at radius 2 is 1.38 bits per heavy atom. The van der Waals surface area contributed by atoms with Gasteiger partial charge in [0.15, 0.2) is 0 Å². The molecule has 0 bridgehead atoms. The van der Waals surface area contributed by atoms with Crippen LogP contribution in [0, 0.1) is 17.8 Å². The fourth-order valence-corrected chi connectivity index (χ4v) is 6.72. The van der Waals surface area contributed by atoms with Gasteiger partial charge in [0.1, 0.15) is 6.04 Å². The number of carbonyl (C=O) groups excluding carboxylic acids is 3. The summed E-state index contributed by atoms with van der Waals surface area (Å²) in [4.78, 5) is 41.6. The minimum Gasteiger partial charge on any atom is -0.325 e. The van der Waals surface area contributed by atoms with Crippen LogP contribution in [0.5, 0.6) is 0 Å². The largest absolute Gasteiger partial charge is 0.325 e. The summed E-state index contributed by atoms with van der Waals surface area (Å²) >= 11 is 1.41. The van der Waals surface area contributed by atoms with Crippen molar-refractivity contribution in [3.05, 3.63) is 126 Å². The molecule has 0 aliphatic rings. The van der Waals surface area contributed by atoms with Crippen molar-refractivity contribution >= 4 is 39.6 Å². The van der Waals surface area contributed by atoms with E-state index in [1.807, 2.05) is 81.4 Å². The second-order valence-corrected chi connectivity index (χ2v) is 14.2. The van der Waals surface area contributed by atoms with Crippen molar-refractivity contribution in [1.29, 1.82) is 0 Å². The van der Waals surface area contributed by atoms with E-state index in [0.717, 1.165) is 21.6 Å². The maximum Gasteiger partial charge on any atom is 0.325 e. The topological polar surface area (TPSA) is 113 Å². The van der Waals surface area contributed by atoms with Crippen LogP contribution in [0.3, 0.4) is 0 Å². The van der Waals surface area contributed by atoms with Gasteiger partial charge in [0.25, 0.3) is 21.8 Å². The summed E-state index contributed by atoms with van der Waals surface area (Å²) in [7, 11) is -4.25. The van der Waals surface area contributed by atoms with Crippen LogP contribution >= 0.6 is 11.8 Å². The van der Waals surface area contributed by atoms with Gasteiger partial charge in [-0.3, -0.25) is 14.5 Å². The molecule has 0 aliphatic carbocycles. The second-order valence-electron chi connectivity index (χ2n) is 11.4. The molecule has 0 heterocycles. The summed E-state index contributed by atoms with van der Waals surface area (Å²) in [6, 6.07) is 29.8. The number of hydrogen-bond donors (Lipinski definition) is 2. The number of sulfonamides is 1. The van der Waals surface area contributed by atoms with Crippen LogP contribution in [0.1, 0.15) is 48.7 Å². The van der Waals surface area contributed by atoms with E-state index < -0.39 is 33.9 Å². The third-order valence-corrected chi connectivity index (χ3v) is 9.86. The Bertz CT molecular complexity index is 1870. The maximum atomic E-state index is 13.6. The van der Waals surface area contributed by atoms with Crippen molar-refractivity contribution in [2.45, 2.75) is 38.1 Å². The Kier molecular flexibility index (Phi) is 13.0. The average Bonchev–Trinajstić information content (AvgIpc) is 3.09. The summed E-state index contributed by atoms with van der Waals surface area (Å²) < 4.78 is 28.6. The first-order valence-electron chi connectivity index (χ1n) is 15.7. The molecule has 1 atom stereocenters. The van der Waals surface area contributed by atoms with Crippen molar-refractivity contribution in [2.75, 3.05) is 18.1 Å². The molecule has 4 aromatic rings. The fourth-order valence-electron chi connectivity index (χ4n) is 4.62. The normalized spacial score (nSPS) is 11.6. The van der Waals surface area contributed by atoms with E-state index in [4.69, 9.17) is 0 Å². The number of hydrogen-bond acceptors (Lipinski definition) is 6. The Morgan fingerprint density at radius 1 is 0.771 bits per heavy atom. The van der Waals surface area contributed by atoms with Gasteiger partial charge in [-0.15, -0.1) is 0 Å². The summed E-state index contributed by atoms with van der Waals surface area (Å²) in [6.45, 7) is 5.95. The molecule has 0 spiro atoms. The molecule has 0 fully saturated rings. The number of imide groups is 1. The molecule has 10 heteroatoms. The highest BCUT2D eigenvalue weighted by Crippen LogP contribution is 2.21. The van der Waals surface area contributed by atoms with E-state index in [2.05, 4.69) is 21.9 Å². The molecule has 0 unspecified atom stereocenters. The smallest absolute Gasteiger partial charge is 0.325 e. The summed E-state index contributed by atoms with van der Waals surface area (Å²) in [6.07, 6.45) is 0.471. The quantitative estimate of drug-likeness (QED) is 0.164. The van der Waals surface area contributed by atoms with Gasteiger partial charge in [0.2, 0.25) is 0 Å². The van der Waals surface area contributed by atoms with Crippen molar-refractivity contribution in [2.24, 2.45) is 5.92 Å². The highest BCUT2D eigenvalue weighted by atomic mass is 32.2. The molecular weight excluding hydrogens is 643 g/mol. The van der Waals surface area contributed by atoms with Crippen LogP contribution < -0.4 is 10.0 Å². The van der Waals surface area contributed by atoms with Crippen LogP contribution in [0.15, 0.2) is 114 Å². The Labute approximate surface area is 287 Å². The fraction of sp³-hybridized carbons (Fsp3) is 0.237. The van der Waals surface area contributed by atoms with Crippen molar-refractivity contribution in [3.63, 3.8) is 0 Å². The average molecular weight is 682 g/mol. The molecule has 248 valence electrons. The molecule has 0 aromatic heterocycles. The second kappa shape index (κ2) is 17.3. The lowest BCUT2D eigenvalue weighted by molar-refractivity contribution is -0.120. The van der Waals surface area contributed by atoms with Gasteiger partial charge in [-0.2, -0.15) is 11.8 Å². The molecule has 2 N–H and O–H groups in total. The lowest BCUT2D eigenvalue weighted by Crippen LogP contribution is -2.54. The molecule has 48 heavy (non-hydrogen) atoms. The predicted molar refractivity (Wildman–Crippen MR) is 192 cm³/mol. The van der Waals surface area contributed by atoms with Crippen LogP contribution in [0.4, 0.5) is 4.79 Å². The SMILES string of the molecule is CCCN(C(=O)N[C@@H](CSCC(C)C)C(=O)NS(=O)(=O)c1ccc(-c2ccccc2)cc1)C(=O)c1cccc(C#Cc2ccccc2)c1. The predicted octanol–water partition coefficient (Wildman–Crippen LogP) is 6.58. The number of urea groups is 1. The standard InChI is InChI=1S/C38H39N3O5S2/c1-4-24-41(37(43)33-17-11-14-30(25-33)19-18-29-12-7-5-8-13-29)38(44)39-35(27-47-26-28(2)3)36(42)40-48(45,46)34-22-20-32(21-23-34)31-15-9-6-10-16-31/h5-17,20-23,25,28,35H,4,24,26-27H2,1-3H3,(H,39,44)(H,40,42)/t35-/m0/s1. The van der Waals surface area contributed by atoms with Crippen LogP contribution in [-0.4, -0.2) is 55.3 Å². The van der Waals surface area contributed by atoms with Crippen LogP contribution in [0.2, 0.25) is 0 Å². The molecule has 4 aromatic carbocycles. The first-order valence-corrected chi connectivity index (χ1v) is 18.3. The van der Waals surface area contributed by atoms with Gasteiger partial charge in [-0.1, -0.05) is 99.3 Å². The number of nitrogens with one attached hydrogen (secondary N) is 2. The Morgan fingerprint density at radius 3 is 2.02 bits per heavy atom. The van der Waals surface area contributed by atoms with Gasteiger partial charge in [0.05, 0.1) is 4.90 Å². The molecule has 4 rings (SSSR count). The summed E-state index contributed by atoms with van der Waals surface area (Å²) in [5.41, 5.74) is 3.44. The summed E-state index contributed by atoms with van der Waals surface area (Å²) in [5.74, 6) is 5.75. The monoisotopic (exact) mass is 681 g/mol. The first kappa shape index (κ1) is 36.0. The van der Waals surface area contributed by atoms with E-state index in [1.54, 1.807) is 36.4 Å². The maximum absolute atomic E-state index is 13.6. The van der Waals surface area contributed by atoms with E-state index in [-0.39, 0.29) is 22.8 Å². The van der Waals surface area contributed by atoms with E-state index >= 15 is 0 Å². The van der Waals surface area contributed by atoms with Gasteiger partial charge < -0.3 is 5.32 Å². The van der Waals surface area contributed by atoms with Gasteiger partial charge >= 0.3 is 6.03 Å². The lowest BCUT2D eigenvalue weighted by Gasteiger charge is -2.25. The zero-order chi connectivity index (χ0) is 34.5. The zero-order valence-corrected chi connectivity index (χ0v) is 28.8. The molecule has 0 saturated heterocycles. The summed E-state index contributed by atoms with van der Waals surface area (Å²) in [5, 5.41) is 2.63. The van der Waals surface area contributed by atoms with Crippen molar-refractivity contribution in [3.8, 4) is 23.0 Å². The molecule has 0 saturated carbocycles. The molecule has 4 amide bonds. The molecule has 0 radical (unpaired) electrons. The minimum atomic E-state index is -4.25. The Balaban J connectivity index is 1.51. The van der Waals surface area contributed by atoms with Gasteiger partial charge in [-0.05, 0) is 71.7 Å². The highest BCUT2D eigenvalue weighted by Gasteiger charge is 2.30. The number of nitrogens with zero attached hydrogens (tertiary/aromatic N) is 1. The third kappa shape index (κ3) is 10.3. The Hall–Kier alpha value is -4.85. The molecule has 8 nitrogen and oxygen atoms in total. The number of benzene rings is 4. The zero-order valence-electron chi connectivity index (χ0n) is 27.2. The number of carbonyl (C=O) groups is 3. The first-order chi connectivity index (χ1) is 23.1.